The molecule has 6 heteroatoms. The molecule has 0 unspecified atom stereocenters. The van der Waals surface area contributed by atoms with Gasteiger partial charge in [-0.05, 0) is 36.8 Å². The third kappa shape index (κ3) is 3.00. The Labute approximate surface area is 119 Å². The molecule has 0 radical (unpaired) electrons. The first kappa shape index (κ1) is 14.5. The Morgan fingerprint density at radius 1 is 1.14 bits per heavy atom. The van der Waals surface area contributed by atoms with Crippen molar-refractivity contribution in [3.05, 3.63) is 58.9 Å². The summed E-state index contributed by atoms with van der Waals surface area (Å²) in [5.41, 5.74) is 0.283. The van der Waals surface area contributed by atoms with Crippen molar-refractivity contribution < 1.29 is 24.2 Å². The van der Waals surface area contributed by atoms with E-state index in [1.807, 2.05) is 0 Å². The number of para-hydroxylation sites is 1. The number of halogens is 1. The first-order valence-electron chi connectivity index (χ1n) is 6.03. The van der Waals surface area contributed by atoms with Crippen LogP contribution in [0.2, 0.25) is 0 Å². The molecule has 108 valence electrons. The van der Waals surface area contributed by atoms with E-state index in [1.54, 1.807) is 6.92 Å². The second kappa shape index (κ2) is 5.62. The van der Waals surface area contributed by atoms with Crippen molar-refractivity contribution in [3.63, 3.8) is 0 Å². The van der Waals surface area contributed by atoms with Gasteiger partial charge in [0.05, 0.1) is 5.69 Å². The number of nitrogens with one attached hydrogen (secondary N) is 1. The summed E-state index contributed by atoms with van der Waals surface area (Å²) in [6, 6.07) is 7.71. The number of anilines is 1. The Hall–Kier alpha value is -2.89. The third-order valence-electron chi connectivity index (χ3n) is 2.96. The molecule has 0 saturated heterocycles. The standard InChI is InChI=1S/C15H12FNO4/c1-8-5-6-9(16)7-11(8)14(19)17-12-4-2-3-10(13(12)18)15(20)21/h2-7,18H,1H3,(H,17,19)(H,20,21). The highest BCUT2D eigenvalue weighted by molar-refractivity contribution is 6.07. The molecule has 0 spiro atoms. The molecule has 0 fully saturated rings. The van der Waals surface area contributed by atoms with Crippen molar-refractivity contribution in [1.82, 2.24) is 0 Å². The number of hydrogen-bond donors (Lipinski definition) is 3. The van der Waals surface area contributed by atoms with E-state index in [9.17, 15) is 19.1 Å². The Kier molecular flexibility index (Phi) is 3.89. The summed E-state index contributed by atoms with van der Waals surface area (Å²) < 4.78 is 13.2. The summed E-state index contributed by atoms with van der Waals surface area (Å²) in [4.78, 5) is 23.0. The van der Waals surface area contributed by atoms with Crippen molar-refractivity contribution in [2.24, 2.45) is 0 Å². The lowest BCUT2D eigenvalue weighted by molar-refractivity contribution is 0.0693. The van der Waals surface area contributed by atoms with E-state index in [1.165, 1.54) is 30.3 Å². The molecule has 0 heterocycles. The highest BCUT2D eigenvalue weighted by Crippen LogP contribution is 2.28. The lowest BCUT2D eigenvalue weighted by atomic mass is 10.1. The monoisotopic (exact) mass is 289 g/mol. The molecule has 0 aliphatic carbocycles. The number of amides is 1. The summed E-state index contributed by atoms with van der Waals surface area (Å²) in [6.07, 6.45) is 0. The van der Waals surface area contributed by atoms with Gasteiger partial charge >= 0.3 is 5.97 Å². The topological polar surface area (TPSA) is 86.6 Å². The van der Waals surface area contributed by atoms with Crippen LogP contribution in [0, 0.1) is 12.7 Å². The zero-order valence-electron chi connectivity index (χ0n) is 11.1. The summed E-state index contributed by atoms with van der Waals surface area (Å²) in [5, 5.41) is 21.1. The predicted molar refractivity (Wildman–Crippen MR) is 74.2 cm³/mol. The number of benzene rings is 2. The van der Waals surface area contributed by atoms with Crippen LogP contribution in [0.25, 0.3) is 0 Å². The van der Waals surface area contributed by atoms with Gasteiger partial charge in [0.25, 0.3) is 5.91 Å². The van der Waals surface area contributed by atoms with E-state index in [2.05, 4.69) is 5.32 Å². The molecule has 2 aromatic carbocycles. The van der Waals surface area contributed by atoms with E-state index < -0.39 is 23.4 Å². The summed E-state index contributed by atoms with van der Waals surface area (Å²) >= 11 is 0. The van der Waals surface area contributed by atoms with Gasteiger partial charge in [-0.25, -0.2) is 9.18 Å². The van der Waals surface area contributed by atoms with Gasteiger partial charge in [-0.15, -0.1) is 0 Å². The van der Waals surface area contributed by atoms with Gasteiger partial charge < -0.3 is 15.5 Å². The van der Waals surface area contributed by atoms with Gasteiger partial charge in [0, 0.05) is 5.56 Å². The normalized spacial score (nSPS) is 10.2. The van der Waals surface area contributed by atoms with Crippen molar-refractivity contribution in [2.75, 3.05) is 5.32 Å². The number of carbonyl (C=O) groups is 2. The zero-order valence-corrected chi connectivity index (χ0v) is 11.1. The number of rotatable bonds is 3. The quantitative estimate of drug-likeness (QED) is 0.758. The van der Waals surface area contributed by atoms with Gasteiger partial charge in [0.2, 0.25) is 0 Å². The fourth-order valence-electron chi connectivity index (χ4n) is 1.85. The van der Waals surface area contributed by atoms with E-state index in [0.717, 1.165) is 6.07 Å². The van der Waals surface area contributed by atoms with E-state index >= 15 is 0 Å². The van der Waals surface area contributed by atoms with Crippen LogP contribution in [0.3, 0.4) is 0 Å². The van der Waals surface area contributed by atoms with Gasteiger partial charge in [0.1, 0.15) is 11.4 Å². The molecular weight excluding hydrogens is 277 g/mol. The number of carboxylic acid groups (broad SMARTS) is 1. The van der Waals surface area contributed by atoms with Crippen LogP contribution in [-0.2, 0) is 0 Å². The summed E-state index contributed by atoms with van der Waals surface area (Å²) in [6.45, 7) is 1.64. The maximum atomic E-state index is 13.2. The fraction of sp³-hybridized carbons (Fsp3) is 0.0667. The Morgan fingerprint density at radius 3 is 2.52 bits per heavy atom. The van der Waals surface area contributed by atoms with Crippen LogP contribution < -0.4 is 5.32 Å². The molecule has 21 heavy (non-hydrogen) atoms. The summed E-state index contributed by atoms with van der Waals surface area (Å²) in [7, 11) is 0. The van der Waals surface area contributed by atoms with Crippen LogP contribution in [0.5, 0.6) is 5.75 Å². The van der Waals surface area contributed by atoms with E-state index in [4.69, 9.17) is 5.11 Å². The number of carbonyl (C=O) groups excluding carboxylic acids is 1. The largest absolute Gasteiger partial charge is 0.505 e. The van der Waals surface area contributed by atoms with Crippen LogP contribution >= 0.6 is 0 Å². The van der Waals surface area contributed by atoms with Crippen molar-refractivity contribution in [1.29, 1.82) is 0 Å². The average Bonchev–Trinajstić information content (AvgIpc) is 2.43. The Morgan fingerprint density at radius 2 is 1.86 bits per heavy atom. The molecule has 0 saturated carbocycles. The van der Waals surface area contributed by atoms with Gasteiger partial charge in [0.15, 0.2) is 5.75 Å². The minimum absolute atomic E-state index is 0.0523. The Balaban J connectivity index is 2.34. The maximum Gasteiger partial charge on any atom is 0.339 e. The molecule has 0 aliphatic rings. The fourth-order valence-corrected chi connectivity index (χ4v) is 1.85. The van der Waals surface area contributed by atoms with E-state index in [-0.39, 0.29) is 16.8 Å². The van der Waals surface area contributed by atoms with Crippen LogP contribution in [-0.4, -0.2) is 22.1 Å². The zero-order chi connectivity index (χ0) is 15.6. The molecule has 3 N–H and O–H groups in total. The van der Waals surface area contributed by atoms with Crippen LogP contribution in [0.4, 0.5) is 10.1 Å². The molecule has 2 aromatic rings. The maximum absolute atomic E-state index is 13.2. The lowest BCUT2D eigenvalue weighted by Gasteiger charge is -2.10. The van der Waals surface area contributed by atoms with E-state index in [0.29, 0.717) is 5.56 Å². The molecule has 5 nitrogen and oxygen atoms in total. The third-order valence-corrected chi connectivity index (χ3v) is 2.96. The minimum atomic E-state index is -1.31. The van der Waals surface area contributed by atoms with Crippen LogP contribution in [0.1, 0.15) is 26.3 Å². The second-order valence-electron chi connectivity index (χ2n) is 4.42. The number of phenols is 1. The molecule has 0 aliphatic heterocycles. The average molecular weight is 289 g/mol. The van der Waals surface area contributed by atoms with Crippen molar-refractivity contribution >= 4 is 17.6 Å². The first-order chi connectivity index (χ1) is 9.90. The predicted octanol–water partition coefficient (Wildman–Crippen LogP) is 2.79. The number of carboxylic acids is 1. The van der Waals surface area contributed by atoms with Crippen LogP contribution in [0.15, 0.2) is 36.4 Å². The number of aromatic carboxylic acids is 1. The number of aromatic hydroxyl groups is 1. The number of aryl methyl sites for hydroxylation is 1. The SMILES string of the molecule is Cc1ccc(F)cc1C(=O)Nc1cccc(C(=O)O)c1O. The minimum Gasteiger partial charge on any atom is -0.505 e. The number of hydrogen-bond acceptors (Lipinski definition) is 3. The highest BCUT2D eigenvalue weighted by atomic mass is 19.1. The van der Waals surface area contributed by atoms with Gasteiger partial charge in [-0.2, -0.15) is 0 Å². The molecule has 0 aromatic heterocycles. The molecule has 0 atom stereocenters. The second-order valence-corrected chi connectivity index (χ2v) is 4.42. The molecule has 2 rings (SSSR count). The first-order valence-corrected chi connectivity index (χ1v) is 6.03. The van der Waals surface area contributed by atoms with Crippen molar-refractivity contribution in [2.45, 2.75) is 6.92 Å². The molecule has 1 amide bonds. The lowest BCUT2D eigenvalue weighted by Crippen LogP contribution is -2.14. The van der Waals surface area contributed by atoms with Crippen molar-refractivity contribution in [3.8, 4) is 5.75 Å². The Bertz CT molecular complexity index is 728. The van der Waals surface area contributed by atoms with Gasteiger partial charge in [-0.3, -0.25) is 4.79 Å². The molecular formula is C15H12FNO4. The summed E-state index contributed by atoms with van der Waals surface area (Å²) in [5.74, 6) is -3.06. The smallest absolute Gasteiger partial charge is 0.339 e. The molecule has 0 bridgehead atoms. The highest BCUT2D eigenvalue weighted by Gasteiger charge is 2.16. The van der Waals surface area contributed by atoms with Gasteiger partial charge in [-0.1, -0.05) is 12.1 Å².